The van der Waals surface area contributed by atoms with Crippen molar-refractivity contribution in [1.29, 1.82) is 0 Å². The monoisotopic (exact) mass is 291 g/mol. The van der Waals surface area contributed by atoms with E-state index in [1.807, 2.05) is 6.07 Å². The van der Waals surface area contributed by atoms with Crippen LogP contribution in [0.25, 0.3) is 0 Å². The van der Waals surface area contributed by atoms with Crippen molar-refractivity contribution in [2.45, 2.75) is 57.3 Å². The first-order valence-electron chi connectivity index (χ1n) is 8.04. The van der Waals surface area contributed by atoms with Gasteiger partial charge in [-0.1, -0.05) is 33.1 Å². The lowest BCUT2D eigenvalue weighted by Crippen LogP contribution is -2.37. The summed E-state index contributed by atoms with van der Waals surface area (Å²) in [5.41, 5.74) is 8.79. The SMILES string of the molecule is COc1cc(OC)c(C2(CN)CCCCC2)cc1C(C)C. The van der Waals surface area contributed by atoms with Crippen LogP contribution in [0.2, 0.25) is 0 Å². The molecule has 0 spiro atoms. The Morgan fingerprint density at radius 1 is 1.05 bits per heavy atom. The average Bonchev–Trinajstić information content (AvgIpc) is 2.53. The predicted molar refractivity (Wildman–Crippen MR) is 87.5 cm³/mol. The minimum absolute atomic E-state index is 0.0690. The standard InChI is InChI=1S/C18H29NO2/c1-13(2)14-10-15(17(21-4)11-16(14)20-3)18(12-19)8-6-5-7-9-18/h10-11,13H,5-9,12,19H2,1-4H3. The first-order chi connectivity index (χ1) is 10.1. The Morgan fingerprint density at radius 2 is 1.67 bits per heavy atom. The Labute approximate surface area is 128 Å². The molecule has 3 heteroatoms. The Kier molecular flexibility index (Phi) is 5.15. The van der Waals surface area contributed by atoms with Crippen molar-refractivity contribution in [3.8, 4) is 11.5 Å². The van der Waals surface area contributed by atoms with E-state index in [9.17, 15) is 0 Å². The van der Waals surface area contributed by atoms with Gasteiger partial charge in [-0.3, -0.25) is 0 Å². The van der Waals surface area contributed by atoms with Gasteiger partial charge in [-0.05, 0) is 30.4 Å². The van der Waals surface area contributed by atoms with Crippen LogP contribution in [0.3, 0.4) is 0 Å². The summed E-state index contributed by atoms with van der Waals surface area (Å²) in [6, 6.07) is 4.32. The normalized spacial score (nSPS) is 17.8. The molecular formula is C18H29NO2. The van der Waals surface area contributed by atoms with Gasteiger partial charge in [-0.2, -0.15) is 0 Å². The molecule has 1 aliphatic rings. The summed E-state index contributed by atoms with van der Waals surface area (Å²) in [6.45, 7) is 5.08. The highest BCUT2D eigenvalue weighted by molar-refractivity contribution is 5.51. The number of hydrogen-bond acceptors (Lipinski definition) is 3. The fourth-order valence-electron chi connectivity index (χ4n) is 3.60. The molecule has 1 saturated carbocycles. The summed E-state index contributed by atoms with van der Waals surface area (Å²) in [7, 11) is 3.46. The maximum atomic E-state index is 6.20. The van der Waals surface area contributed by atoms with Gasteiger partial charge >= 0.3 is 0 Å². The minimum Gasteiger partial charge on any atom is -0.496 e. The first kappa shape index (κ1) is 16.2. The van der Waals surface area contributed by atoms with Crippen LogP contribution in [0.5, 0.6) is 11.5 Å². The zero-order chi connectivity index (χ0) is 15.5. The van der Waals surface area contributed by atoms with E-state index in [4.69, 9.17) is 15.2 Å². The highest BCUT2D eigenvalue weighted by atomic mass is 16.5. The Morgan fingerprint density at radius 3 is 2.14 bits per heavy atom. The molecule has 0 saturated heterocycles. The van der Waals surface area contributed by atoms with Crippen LogP contribution >= 0.6 is 0 Å². The number of rotatable bonds is 5. The molecule has 0 atom stereocenters. The van der Waals surface area contributed by atoms with E-state index in [0.29, 0.717) is 12.5 Å². The Bertz CT molecular complexity index is 476. The number of benzene rings is 1. The lowest BCUT2D eigenvalue weighted by molar-refractivity contribution is 0.286. The van der Waals surface area contributed by atoms with Crippen LogP contribution in [0.4, 0.5) is 0 Å². The summed E-state index contributed by atoms with van der Waals surface area (Å²) in [4.78, 5) is 0. The molecule has 0 aromatic heterocycles. The molecule has 1 aliphatic carbocycles. The van der Waals surface area contributed by atoms with E-state index in [1.165, 1.54) is 30.4 Å². The zero-order valence-corrected chi connectivity index (χ0v) is 13.9. The highest BCUT2D eigenvalue weighted by Gasteiger charge is 2.36. The lowest BCUT2D eigenvalue weighted by Gasteiger charge is -2.38. The zero-order valence-electron chi connectivity index (χ0n) is 13.9. The molecule has 0 unspecified atom stereocenters. The van der Waals surface area contributed by atoms with E-state index >= 15 is 0 Å². The molecule has 1 aromatic carbocycles. The highest BCUT2D eigenvalue weighted by Crippen LogP contribution is 2.45. The van der Waals surface area contributed by atoms with E-state index in [2.05, 4.69) is 19.9 Å². The molecule has 1 fully saturated rings. The summed E-state index contributed by atoms with van der Waals surface area (Å²) in [5, 5.41) is 0. The lowest BCUT2D eigenvalue weighted by atomic mass is 9.68. The van der Waals surface area contributed by atoms with Gasteiger partial charge in [-0.15, -0.1) is 0 Å². The molecule has 0 bridgehead atoms. The number of ether oxygens (including phenoxy) is 2. The third-order valence-corrected chi connectivity index (χ3v) is 4.95. The Hall–Kier alpha value is -1.22. The second-order valence-electron chi connectivity index (χ2n) is 6.49. The molecule has 3 nitrogen and oxygen atoms in total. The molecule has 0 radical (unpaired) electrons. The van der Waals surface area contributed by atoms with Gasteiger partial charge in [0.25, 0.3) is 0 Å². The minimum atomic E-state index is 0.0690. The molecule has 21 heavy (non-hydrogen) atoms. The number of hydrogen-bond donors (Lipinski definition) is 1. The molecular weight excluding hydrogens is 262 g/mol. The smallest absolute Gasteiger partial charge is 0.126 e. The van der Waals surface area contributed by atoms with Crippen molar-refractivity contribution >= 4 is 0 Å². The third-order valence-electron chi connectivity index (χ3n) is 4.95. The van der Waals surface area contributed by atoms with E-state index in [0.717, 1.165) is 24.3 Å². The quantitative estimate of drug-likeness (QED) is 0.892. The largest absolute Gasteiger partial charge is 0.496 e. The fourth-order valence-corrected chi connectivity index (χ4v) is 3.60. The van der Waals surface area contributed by atoms with Gasteiger partial charge in [-0.25, -0.2) is 0 Å². The van der Waals surface area contributed by atoms with Gasteiger partial charge in [0.15, 0.2) is 0 Å². The van der Waals surface area contributed by atoms with Crippen molar-refractivity contribution in [2.75, 3.05) is 20.8 Å². The number of nitrogens with two attached hydrogens (primary N) is 1. The van der Waals surface area contributed by atoms with Crippen molar-refractivity contribution in [1.82, 2.24) is 0 Å². The fraction of sp³-hybridized carbons (Fsp3) is 0.667. The summed E-state index contributed by atoms with van der Waals surface area (Å²) in [6.07, 6.45) is 6.14. The maximum Gasteiger partial charge on any atom is 0.126 e. The predicted octanol–water partition coefficient (Wildman–Crippen LogP) is 3.99. The van der Waals surface area contributed by atoms with Gasteiger partial charge in [0, 0.05) is 23.6 Å². The summed E-state index contributed by atoms with van der Waals surface area (Å²) in [5.74, 6) is 2.25. The molecule has 0 heterocycles. The van der Waals surface area contributed by atoms with Gasteiger partial charge < -0.3 is 15.2 Å². The molecule has 118 valence electrons. The van der Waals surface area contributed by atoms with Crippen LogP contribution < -0.4 is 15.2 Å². The summed E-state index contributed by atoms with van der Waals surface area (Å²) < 4.78 is 11.2. The first-order valence-corrected chi connectivity index (χ1v) is 8.04. The van der Waals surface area contributed by atoms with Crippen molar-refractivity contribution in [2.24, 2.45) is 5.73 Å². The van der Waals surface area contributed by atoms with Gasteiger partial charge in [0.2, 0.25) is 0 Å². The van der Waals surface area contributed by atoms with E-state index < -0.39 is 0 Å². The van der Waals surface area contributed by atoms with Crippen molar-refractivity contribution < 1.29 is 9.47 Å². The third kappa shape index (κ3) is 3.03. The average molecular weight is 291 g/mol. The van der Waals surface area contributed by atoms with Crippen LogP contribution in [-0.2, 0) is 5.41 Å². The van der Waals surface area contributed by atoms with Crippen LogP contribution in [0, 0.1) is 0 Å². The molecule has 2 N–H and O–H groups in total. The second-order valence-corrected chi connectivity index (χ2v) is 6.49. The molecule has 0 amide bonds. The van der Waals surface area contributed by atoms with E-state index in [-0.39, 0.29) is 5.41 Å². The van der Waals surface area contributed by atoms with Gasteiger partial charge in [0.05, 0.1) is 14.2 Å². The molecule has 1 aromatic rings. The summed E-state index contributed by atoms with van der Waals surface area (Å²) >= 11 is 0. The van der Waals surface area contributed by atoms with Crippen LogP contribution in [0.1, 0.15) is 63.0 Å². The topological polar surface area (TPSA) is 44.5 Å². The second kappa shape index (κ2) is 6.69. The van der Waals surface area contributed by atoms with Crippen LogP contribution in [0.15, 0.2) is 12.1 Å². The van der Waals surface area contributed by atoms with Crippen LogP contribution in [-0.4, -0.2) is 20.8 Å². The van der Waals surface area contributed by atoms with E-state index in [1.54, 1.807) is 14.2 Å². The molecule has 0 aliphatic heterocycles. The molecule has 2 rings (SSSR count). The van der Waals surface area contributed by atoms with Crippen molar-refractivity contribution in [3.05, 3.63) is 23.3 Å². The number of methoxy groups -OCH3 is 2. The Balaban J connectivity index is 2.57. The van der Waals surface area contributed by atoms with Gasteiger partial charge in [0.1, 0.15) is 11.5 Å². The van der Waals surface area contributed by atoms with Crippen molar-refractivity contribution in [3.63, 3.8) is 0 Å². The maximum absolute atomic E-state index is 6.20.